The summed E-state index contributed by atoms with van der Waals surface area (Å²) in [4.78, 5) is 0. The Labute approximate surface area is 118 Å². The Morgan fingerprint density at radius 3 is 2.53 bits per heavy atom. The first kappa shape index (κ1) is 14.1. The second-order valence-electron chi connectivity index (χ2n) is 6.11. The highest BCUT2D eigenvalue weighted by atomic mass is 14.4. The largest absolute Gasteiger partial charge is 0.0808 e. The van der Waals surface area contributed by atoms with E-state index in [0.717, 1.165) is 0 Å². The van der Waals surface area contributed by atoms with Crippen molar-refractivity contribution in [2.75, 3.05) is 0 Å². The van der Waals surface area contributed by atoms with Crippen LogP contribution in [-0.2, 0) is 5.41 Å². The molecule has 0 aromatic heterocycles. The van der Waals surface area contributed by atoms with Crippen LogP contribution in [0.3, 0.4) is 0 Å². The lowest BCUT2D eigenvalue weighted by molar-refractivity contribution is 0.565. The van der Waals surface area contributed by atoms with Crippen LogP contribution in [0.5, 0.6) is 0 Å². The molecule has 0 N–H and O–H groups in total. The van der Waals surface area contributed by atoms with Crippen LogP contribution in [0.4, 0.5) is 0 Å². The molecular weight excluding hydrogens is 228 g/mol. The number of hydrogen-bond acceptors (Lipinski definition) is 0. The molecule has 2 aliphatic rings. The molecule has 1 aromatic carbocycles. The fraction of sp³-hybridized carbons (Fsp3) is 0.474. The van der Waals surface area contributed by atoms with Gasteiger partial charge in [-0.2, -0.15) is 0 Å². The molecule has 0 heteroatoms. The van der Waals surface area contributed by atoms with E-state index >= 15 is 0 Å². The van der Waals surface area contributed by atoms with E-state index in [1.54, 1.807) is 5.57 Å². The van der Waals surface area contributed by atoms with Crippen LogP contribution in [0.1, 0.15) is 57.7 Å². The highest BCUT2D eigenvalue weighted by molar-refractivity contribution is 5.86. The van der Waals surface area contributed by atoms with E-state index in [4.69, 9.17) is 0 Å². The monoisotopic (exact) mass is 254 g/mol. The Morgan fingerprint density at radius 2 is 1.84 bits per heavy atom. The fourth-order valence-electron chi connectivity index (χ4n) is 3.28. The first-order valence-electron chi connectivity index (χ1n) is 7.53. The molecule has 19 heavy (non-hydrogen) atoms. The van der Waals surface area contributed by atoms with Gasteiger partial charge in [-0.05, 0) is 36.0 Å². The van der Waals surface area contributed by atoms with Crippen molar-refractivity contribution in [1.29, 1.82) is 0 Å². The van der Waals surface area contributed by atoms with Gasteiger partial charge >= 0.3 is 0 Å². The SMILES string of the molecule is CC.Cc1ccc2c(c1)C(C)(C)C1=C2C=CC(C)C1. The van der Waals surface area contributed by atoms with Crippen molar-refractivity contribution >= 4 is 5.57 Å². The molecule has 102 valence electrons. The van der Waals surface area contributed by atoms with Gasteiger partial charge in [0.15, 0.2) is 0 Å². The molecule has 0 heterocycles. The molecule has 1 unspecified atom stereocenters. The molecule has 3 rings (SSSR count). The van der Waals surface area contributed by atoms with Crippen molar-refractivity contribution < 1.29 is 0 Å². The summed E-state index contributed by atoms with van der Waals surface area (Å²) in [6.45, 7) is 13.2. The molecule has 0 aliphatic heterocycles. The zero-order chi connectivity index (χ0) is 14.2. The molecule has 0 fully saturated rings. The maximum atomic E-state index is 2.37. The summed E-state index contributed by atoms with van der Waals surface area (Å²) in [6, 6.07) is 6.90. The second kappa shape index (κ2) is 5.00. The maximum absolute atomic E-state index is 2.37. The molecule has 2 aliphatic carbocycles. The molecule has 1 atom stereocenters. The quantitative estimate of drug-likeness (QED) is 0.560. The molecule has 0 radical (unpaired) electrons. The van der Waals surface area contributed by atoms with E-state index in [-0.39, 0.29) is 5.41 Å². The molecule has 1 aromatic rings. The predicted molar refractivity (Wildman–Crippen MR) is 85.4 cm³/mol. The van der Waals surface area contributed by atoms with Crippen LogP contribution in [0.15, 0.2) is 35.9 Å². The number of aryl methyl sites for hydroxylation is 1. The third kappa shape index (κ3) is 2.18. The summed E-state index contributed by atoms with van der Waals surface area (Å²) in [5.74, 6) is 0.684. The number of hydrogen-bond donors (Lipinski definition) is 0. The highest BCUT2D eigenvalue weighted by Crippen LogP contribution is 2.50. The van der Waals surface area contributed by atoms with E-state index in [1.807, 2.05) is 13.8 Å². The van der Waals surface area contributed by atoms with Gasteiger partial charge in [0.25, 0.3) is 0 Å². The lowest BCUT2D eigenvalue weighted by Crippen LogP contribution is -2.19. The van der Waals surface area contributed by atoms with Gasteiger partial charge in [-0.15, -0.1) is 0 Å². The zero-order valence-corrected chi connectivity index (χ0v) is 13.2. The van der Waals surface area contributed by atoms with Crippen molar-refractivity contribution in [3.05, 3.63) is 52.6 Å². The molecular formula is C19H26. The molecule has 0 nitrogen and oxygen atoms in total. The normalized spacial score (nSPS) is 22.5. The highest BCUT2D eigenvalue weighted by Gasteiger charge is 2.38. The minimum atomic E-state index is 0.218. The van der Waals surface area contributed by atoms with Gasteiger partial charge < -0.3 is 0 Å². The minimum Gasteiger partial charge on any atom is -0.0808 e. The van der Waals surface area contributed by atoms with Crippen molar-refractivity contribution in [2.24, 2.45) is 5.92 Å². The van der Waals surface area contributed by atoms with Crippen molar-refractivity contribution in [1.82, 2.24) is 0 Å². The lowest BCUT2D eigenvalue weighted by atomic mass is 9.76. The standard InChI is InChI=1S/C17H20.C2H6/c1-11-5-7-13-14-8-6-12(2)10-16(14)17(3,4)15(13)9-11;1-2/h5-9,12H,10H2,1-4H3;1-2H3. The number of benzene rings is 1. The summed E-state index contributed by atoms with van der Waals surface area (Å²) in [5, 5.41) is 0. The Kier molecular flexibility index (Phi) is 3.71. The van der Waals surface area contributed by atoms with Crippen LogP contribution in [0.25, 0.3) is 5.57 Å². The Morgan fingerprint density at radius 1 is 1.16 bits per heavy atom. The van der Waals surface area contributed by atoms with E-state index in [0.29, 0.717) is 5.92 Å². The number of fused-ring (bicyclic) bond motifs is 2. The second-order valence-corrected chi connectivity index (χ2v) is 6.11. The zero-order valence-electron chi connectivity index (χ0n) is 13.2. The third-order valence-corrected chi connectivity index (χ3v) is 4.34. The Bertz CT molecular complexity index is 541. The summed E-state index contributed by atoms with van der Waals surface area (Å²) in [6.07, 6.45) is 5.91. The smallest absolute Gasteiger partial charge is 0.0121 e. The molecule has 0 bridgehead atoms. The first-order valence-corrected chi connectivity index (χ1v) is 7.53. The van der Waals surface area contributed by atoms with Gasteiger partial charge in [0.05, 0.1) is 0 Å². The number of rotatable bonds is 0. The van der Waals surface area contributed by atoms with Crippen LogP contribution >= 0.6 is 0 Å². The molecule has 0 spiro atoms. The van der Waals surface area contributed by atoms with Crippen molar-refractivity contribution in [3.8, 4) is 0 Å². The van der Waals surface area contributed by atoms with Gasteiger partial charge in [-0.3, -0.25) is 0 Å². The van der Waals surface area contributed by atoms with Crippen LogP contribution in [-0.4, -0.2) is 0 Å². The molecule has 0 saturated carbocycles. The summed E-state index contributed by atoms with van der Waals surface area (Å²) in [5.41, 5.74) is 7.68. The van der Waals surface area contributed by atoms with Crippen molar-refractivity contribution in [3.63, 3.8) is 0 Å². The van der Waals surface area contributed by atoms with Crippen LogP contribution in [0.2, 0.25) is 0 Å². The van der Waals surface area contributed by atoms with Crippen LogP contribution < -0.4 is 0 Å². The van der Waals surface area contributed by atoms with Gasteiger partial charge in [0.2, 0.25) is 0 Å². The van der Waals surface area contributed by atoms with E-state index < -0.39 is 0 Å². The van der Waals surface area contributed by atoms with Crippen LogP contribution in [0, 0.1) is 12.8 Å². The van der Waals surface area contributed by atoms with Gasteiger partial charge in [-0.1, -0.05) is 76.1 Å². The van der Waals surface area contributed by atoms with Gasteiger partial charge in [0, 0.05) is 5.41 Å². The summed E-state index contributed by atoms with van der Waals surface area (Å²) in [7, 11) is 0. The van der Waals surface area contributed by atoms with Gasteiger partial charge in [0.1, 0.15) is 0 Å². The first-order chi connectivity index (χ1) is 9.00. The maximum Gasteiger partial charge on any atom is 0.0121 e. The third-order valence-electron chi connectivity index (χ3n) is 4.34. The fourth-order valence-corrected chi connectivity index (χ4v) is 3.28. The Hall–Kier alpha value is -1.30. The molecule has 0 amide bonds. The lowest BCUT2D eigenvalue weighted by Gasteiger charge is -2.27. The summed E-state index contributed by atoms with van der Waals surface area (Å²) >= 11 is 0. The Balaban J connectivity index is 0.000000637. The van der Waals surface area contributed by atoms with E-state index in [1.165, 1.54) is 28.7 Å². The molecule has 0 saturated heterocycles. The van der Waals surface area contributed by atoms with Crippen molar-refractivity contribution in [2.45, 2.75) is 53.4 Å². The summed E-state index contributed by atoms with van der Waals surface area (Å²) < 4.78 is 0. The van der Waals surface area contributed by atoms with Gasteiger partial charge in [-0.25, -0.2) is 0 Å². The predicted octanol–water partition coefficient (Wildman–Crippen LogP) is 5.66. The average Bonchev–Trinajstić information content (AvgIpc) is 2.61. The average molecular weight is 254 g/mol. The topological polar surface area (TPSA) is 0 Å². The van der Waals surface area contributed by atoms with E-state index in [9.17, 15) is 0 Å². The minimum absolute atomic E-state index is 0.218. The number of allylic oxidation sites excluding steroid dienone is 4. The van der Waals surface area contributed by atoms with E-state index in [2.05, 4.69) is 58.0 Å².